The molecule has 2 rings (SSSR count). The summed E-state index contributed by atoms with van der Waals surface area (Å²) in [5.74, 6) is 0.833. The van der Waals surface area contributed by atoms with Crippen molar-refractivity contribution >= 4 is 30.7 Å². The van der Waals surface area contributed by atoms with Crippen LogP contribution in [0.15, 0.2) is 24.3 Å². The Labute approximate surface area is 181 Å². The van der Waals surface area contributed by atoms with E-state index in [1.807, 2.05) is 24.3 Å². The van der Waals surface area contributed by atoms with Crippen LogP contribution in [0.1, 0.15) is 32.3 Å². The van der Waals surface area contributed by atoms with E-state index in [2.05, 4.69) is 29.4 Å². The van der Waals surface area contributed by atoms with Crippen molar-refractivity contribution in [2.24, 2.45) is 0 Å². The van der Waals surface area contributed by atoms with Gasteiger partial charge in [0.1, 0.15) is 18.0 Å². The van der Waals surface area contributed by atoms with Gasteiger partial charge in [0.05, 0.1) is 0 Å². The van der Waals surface area contributed by atoms with Crippen LogP contribution in [-0.4, -0.2) is 62.8 Å². The lowest BCUT2D eigenvalue weighted by atomic mass is 9.91. The number of amides is 1. The largest absolute Gasteiger partial charge is 0.492 e. The molecule has 162 valence electrons. The van der Waals surface area contributed by atoms with Crippen molar-refractivity contribution in [3.8, 4) is 5.75 Å². The topological polar surface area (TPSA) is 62.8 Å². The lowest BCUT2D eigenvalue weighted by Gasteiger charge is -2.34. The molecular weight excluding hydrogens is 401 g/mol. The Morgan fingerprint density at radius 1 is 1.14 bits per heavy atom. The first-order valence-corrected chi connectivity index (χ1v) is 9.61. The average molecular weight is 436 g/mol. The SMILES string of the molecule is CCN(CC)CCOc1ccc(CNC(=O)C2(OC)CCNCC2)cc1.Cl.Cl. The quantitative estimate of drug-likeness (QED) is 0.591. The Hall–Kier alpha value is -1.05. The van der Waals surface area contributed by atoms with E-state index in [9.17, 15) is 4.79 Å². The van der Waals surface area contributed by atoms with Crippen LogP contribution in [0.25, 0.3) is 0 Å². The fourth-order valence-electron chi connectivity index (χ4n) is 3.23. The van der Waals surface area contributed by atoms with Gasteiger partial charge in [0, 0.05) is 20.2 Å². The molecule has 1 heterocycles. The van der Waals surface area contributed by atoms with Crippen molar-refractivity contribution in [2.75, 3.05) is 46.4 Å². The predicted octanol–water partition coefficient (Wildman–Crippen LogP) is 2.64. The number of carbonyl (C=O) groups excluding carboxylic acids is 1. The van der Waals surface area contributed by atoms with E-state index < -0.39 is 5.60 Å². The number of halogens is 2. The minimum atomic E-state index is -0.696. The molecule has 0 spiro atoms. The number of rotatable bonds is 10. The number of hydrogen-bond acceptors (Lipinski definition) is 5. The summed E-state index contributed by atoms with van der Waals surface area (Å²) in [6, 6.07) is 7.91. The van der Waals surface area contributed by atoms with E-state index in [4.69, 9.17) is 9.47 Å². The highest BCUT2D eigenvalue weighted by atomic mass is 35.5. The summed E-state index contributed by atoms with van der Waals surface area (Å²) in [6.45, 7) is 10.1. The van der Waals surface area contributed by atoms with Gasteiger partial charge >= 0.3 is 0 Å². The van der Waals surface area contributed by atoms with Crippen molar-refractivity contribution in [1.29, 1.82) is 0 Å². The minimum Gasteiger partial charge on any atom is -0.492 e. The monoisotopic (exact) mass is 435 g/mol. The Kier molecular flexibility index (Phi) is 13.5. The Balaban J connectivity index is 0.00000364. The third kappa shape index (κ3) is 7.76. The van der Waals surface area contributed by atoms with Crippen LogP contribution < -0.4 is 15.4 Å². The van der Waals surface area contributed by atoms with Gasteiger partial charge in [-0.1, -0.05) is 26.0 Å². The zero-order valence-corrected chi connectivity index (χ0v) is 18.8. The van der Waals surface area contributed by atoms with Crippen molar-refractivity contribution < 1.29 is 14.3 Å². The maximum Gasteiger partial charge on any atom is 0.252 e. The van der Waals surface area contributed by atoms with Crippen LogP contribution in [0, 0.1) is 0 Å². The maximum absolute atomic E-state index is 12.6. The normalized spacial score (nSPS) is 15.3. The number of benzene rings is 1. The van der Waals surface area contributed by atoms with Gasteiger partial charge in [0.15, 0.2) is 0 Å². The molecular formula is C20H35Cl2N3O3. The van der Waals surface area contributed by atoms with Crippen LogP contribution in [0.5, 0.6) is 5.75 Å². The zero-order chi connectivity index (χ0) is 18.8. The lowest BCUT2D eigenvalue weighted by molar-refractivity contribution is -0.146. The molecule has 1 amide bonds. The maximum atomic E-state index is 12.6. The van der Waals surface area contributed by atoms with Crippen molar-refractivity contribution in [1.82, 2.24) is 15.5 Å². The van der Waals surface area contributed by atoms with Gasteiger partial charge in [-0.05, 0) is 56.7 Å². The molecule has 0 atom stereocenters. The number of nitrogens with one attached hydrogen (secondary N) is 2. The van der Waals surface area contributed by atoms with Crippen LogP contribution in [0.3, 0.4) is 0 Å². The summed E-state index contributed by atoms with van der Waals surface area (Å²) in [5, 5.41) is 6.28. The molecule has 6 nitrogen and oxygen atoms in total. The summed E-state index contributed by atoms with van der Waals surface area (Å²) in [5.41, 5.74) is 0.355. The van der Waals surface area contributed by atoms with Crippen molar-refractivity contribution in [2.45, 2.75) is 38.8 Å². The molecule has 28 heavy (non-hydrogen) atoms. The number of piperidine rings is 1. The molecule has 0 aliphatic carbocycles. The summed E-state index contributed by atoms with van der Waals surface area (Å²) >= 11 is 0. The van der Waals surface area contributed by atoms with Gasteiger partial charge in [-0.25, -0.2) is 0 Å². The first kappa shape index (κ1) is 27.0. The molecule has 1 saturated heterocycles. The second-order valence-corrected chi connectivity index (χ2v) is 6.65. The summed E-state index contributed by atoms with van der Waals surface area (Å²) < 4.78 is 11.3. The molecule has 0 unspecified atom stereocenters. The van der Waals surface area contributed by atoms with E-state index in [1.165, 1.54) is 0 Å². The van der Waals surface area contributed by atoms with E-state index in [-0.39, 0.29) is 30.7 Å². The van der Waals surface area contributed by atoms with Gasteiger partial charge < -0.3 is 25.0 Å². The zero-order valence-electron chi connectivity index (χ0n) is 17.2. The number of hydrogen-bond donors (Lipinski definition) is 2. The van der Waals surface area contributed by atoms with Crippen molar-refractivity contribution in [3.05, 3.63) is 29.8 Å². The second kappa shape index (κ2) is 14.0. The summed E-state index contributed by atoms with van der Waals surface area (Å²) in [7, 11) is 1.62. The molecule has 0 saturated carbocycles. The fourth-order valence-corrected chi connectivity index (χ4v) is 3.23. The highest BCUT2D eigenvalue weighted by molar-refractivity contribution is 5.86. The fraction of sp³-hybridized carbons (Fsp3) is 0.650. The molecule has 0 radical (unpaired) electrons. The van der Waals surface area contributed by atoms with Gasteiger partial charge in [-0.3, -0.25) is 4.79 Å². The van der Waals surface area contributed by atoms with Gasteiger partial charge in [-0.15, -0.1) is 24.8 Å². The summed E-state index contributed by atoms with van der Waals surface area (Å²) in [6.07, 6.45) is 1.41. The highest BCUT2D eigenvalue weighted by Crippen LogP contribution is 2.22. The van der Waals surface area contributed by atoms with Gasteiger partial charge in [0.2, 0.25) is 0 Å². The average Bonchev–Trinajstić information content (AvgIpc) is 2.70. The van der Waals surface area contributed by atoms with Gasteiger partial charge in [0.25, 0.3) is 5.91 Å². The molecule has 1 aliphatic heterocycles. The van der Waals surface area contributed by atoms with Crippen molar-refractivity contribution in [3.63, 3.8) is 0 Å². The smallest absolute Gasteiger partial charge is 0.252 e. The van der Waals surface area contributed by atoms with Crippen LogP contribution in [0.4, 0.5) is 0 Å². The molecule has 8 heteroatoms. The van der Waals surface area contributed by atoms with E-state index in [0.717, 1.165) is 44.0 Å². The Bertz CT molecular complexity index is 548. The lowest BCUT2D eigenvalue weighted by Crippen LogP contribution is -2.53. The predicted molar refractivity (Wildman–Crippen MR) is 118 cm³/mol. The third-order valence-electron chi connectivity index (χ3n) is 5.16. The highest BCUT2D eigenvalue weighted by Gasteiger charge is 2.39. The van der Waals surface area contributed by atoms with Crippen LogP contribution in [-0.2, 0) is 16.1 Å². The molecule has 1 fully saturated rings. The van der Waals surface area contributed by atoms with Crippen LogP contribution in [0.2, 0.25) is 0 Å². The molecule has 1 aromatic carbocycles. The number of ether oxygens (including phenoxy) is 2. The molecule has 1 aromatic rings. The molecule has 0 aromatic heterocycles. The minimum absolute atomic E-state index is 0. The standard InChI is InChI=1S/C20H33N3O3.2ClH/c1-4-23(5-2)14-15-26-18-8-6-17(7-9-18)16-22-19(24)20(25-3)10-12-21-13-11-20;;/h6-9,21H,4-5,10-16H2,1-3H3,(H,22,24);2*1H. The van der Waals surface area contributed by atoms with E-state index in [1.54, 1.807) is 7.11 Å². The third-order valence-corrected chi connectivity index (χ3v) is 5.16. The number of methoxy groups -OCH3 is 1. The molecule has 2 N–H and O–H groups in total. The number of likely N-dealkylation sites (N-methyl/N-ethyl adjacent to an activating group) is 1. The summed E-state index contributed by atoms with van der Waals surface area (Å²) in [4.78, 5) is 14.9. The molecule has 1 aliphatic rings. The Morgan fingerprint density at radius 3 is 2.29 bits per heavy atom. The van der Waals surface area contributed by atoms with Crippen LogP contribution >= 0.6 is 24.8 Å². The Morgan fingerprint density at radius 2 is 1.75 bits per heavy atom. The first-order chi connectivity index (χ1) is 12.6. The first-order valence-electron chi connectivity index (χ1n) is 9.61. The number of carbonyl (C=O) groups is 1. The number of nitrogens with zero attached hydrogens (tertiary/aromatic N) is 1. The van der Waals surface area contributed by atoms with E-state index >= 15 is 0 Å². The van der Waals surface area contributed by atoms with E-state index in [0.29, 0.717) is 26.0 Å². The second-order valence-electron chi connectivity index (χ2n) is 6.65. The molecule has 0 bridgehead atoms. The van der Waals surface area contributed by atoms with Gasteiger partial charge in [-0.2, -0.15) is 0 Å².